The highest BCUT2D eigenvalue weighted by atomic mass is 32.2. The summed E-state index contributed by atoms with van der Waals surface area (Å²) in [5.74, 6) is 0.0164. The summed E-state index contributed by atoms with van der Waals surface area (Å²) in [6.07, 6.45) is 0. The lowest BCUT2D eigenvalue weighted by Gasteiger charge is -2.11. The Balaban J connectivity index is 1.90. The first kappa shape index (κ1) is 18.8. The average molecular weight is 405 g/mol. The van der Waals surface area contributed by atoms with Gasteiger partial charge in [-0.2, -0.15) is 0 Å². The lowest BCUT2D eigenvalue weighted by atomic mass is 10.1. The Morgan fingerprint density at radius 3 is 2.44 bits per heavy atom. The number of anilines is 1. The van der Waals surface area contributed by atoms with Crippen molar-refractivity contribution in [2.24, 2.45) is 0 Å². The molecule has 0 fully saturated rings. The summed E-state index contributed by atoms with van der Waals surface area (Å²) in [5, 5.41) is 13.8. The molecule has 3 aromatic rings. The number of thiazole rings is 1. The van der Waals surface area contributed by atoms with Crippen LogP contribution in [-0.2, 0) is 10.0 Å². The number of nitrogens with zero attached hydrogens (tertiary/aromatic N) is 2. The van der Waals surface area contributed by atoms with E-state index >= 15 is 0 Å². The predicted molar refractivity (Wildman–Crippen MR) is 103 cm³/mol. The summed E-state index contributed by atoms with van der Waals surface area (Å²) >= 11 is 1.53. The highest BCUT2D eigenvalue weighted by Crippen LogP contribution is 2.30. The van der Waals surface area contributed by atoms with Crippen molar-refractivity contribution in [2.75, 3.05) is 11.8 Å². The summed E-state index contributed by atoms with van der Waals surface area (Å²) in [4.78, 5) is 14.4. The molecule has 8 nitrogen and oxygen atoms in total. The quantitative estimate of drug-likeness (QED) is 0.493. The molecule has 1 N–H and O–H groups in total. The average Bonchev–Trinajstić information content (AvgIpc) is 3.07. The Bertz CT molecular complexity index is 1090. The van der Waals surface area contributed by atoms with Gasteiger partial charge >= 0.3 is 0 Å². The van der Waals surface area contributed by atoms with Crippen molar-refractivity contribution in [3.05, 3.63) is 63.0 Å². The number of nitro benzene ring substituents is 1. The summed E-state index contributed by atoms with van der Waals surface area (Å²) in [7, 11) is -2.78. The van der Waals surface area contributed by atoms with Gasteiger partial charge in [0.25, 0.3) is 15.7 Å². The van der Waals surface area contributed by atoms with Crippen LogP contribution in [0, 0.1) is 17.0 Å². The van der Waals surface area contributed by atoms with E-state index in [2.05, 4.69) is 9.71 Å². The molecule has 27 heavy (non-hydrogen) atoms. The fourth-order valence-electron chi connectivity index (χ4n) is 2.40. The lowest BCUT2D eigenvalue weighted by Crippen LogP contribution is -2.14. The van der Waals surface area contributed by atoms with Crippen LogP contribution < -0.4 is 9.46 Å². The fourth-order valence-corrected chi connectivity index (χ4v) is 4.27. The number of aromatic nitrogens is 1. The van der Waals surface area contributed by atoms with E-state index in [1.165, 1.54) is 30.6 Å². The molecule has 1 heterocycles. The largest absolute Gasteiger partial charge is 0.495 e. The first-order valence-corrected chi connectivity index (χ1v) is 10.0. The van der Waals surface area contributed by atoms with E-state index < -0.39 is 14.9 Å². The first-order valence-electron chi connectivity index (χ1n) is 7.68. The smallest absolute Gasteiger partial charge is 0.271 e. The van der Waals surface area contributed by atoms with Crippen LogP contribution >= 0.6 is 11.3 Å². The van der Waals surface area contributed by atoms with Crippen LogP contribution in [0.5, 0.6) is 5.75 Å². The van der Waals surface area contributed by atoms with Gasteiger partial charge in [0.2, 0.25) is 0 Å². The van der Waals surface area contributed by atoms with E-state index in [9.17, 15) is 18.5 Å². The molecule has 0 amide bonds. The van der Waals surface area contributed by atoms with Crippen molar-refractivity contribution in [3.63, 3.8) is 0 Å². The van der Waals surface area contributed by atoms with Crippen LogP contribution in [0.15, 0.2) is 52.7 Å². The first-order chi connectivity index (χ1) is 12.8. The number of nitrogens with one attached hydrogen (secondary N) is 1. The minimum atomic E-state index is -4.08. The highest BCUT2D eigenvalue weighted by Gasteiger charge is 2.23. The predicted octanol–water partition coefficient (Wildman–Crippen LogP) is 3.84. The molecule has 0 unspecified atom stereocenters. The number of sulfonamides is 1. The van der Waals surface area contributed by atoms with E-state index in [1.807, 2.05) is 12.3 Å². The SMILES string of the molecule is COc1ccc([N+](=O)[O-])cc1S(=O)(=O)Nc1ccc(-c2csc(C)n2)cc1. The monoisotopic (exact) mass is 405 g/mol. The minimum Gasteiger partial charge on any atom is -0.495 e. The number of hydrogen-bond acceptors (Lipinski definition) is 7. The zero-order valence-corrected chi connectivity index (χ0v) is 16.0. The summed E-state index contributed by atoms with van der Waals surface area (Å²) in [6.45, 7) is 1.91. The molecule has 0 bridgehead atoms. The lowest BCUT2D eigenvalue weighted by molar-refractivity contribution is -0.385. The number of nitro groups is 1. The van der Waals surface area contributed by atoms with Gasteiger partial charge in [-0.05, 0) is 25.1 Å². The molecule has 0 atom stereocenters. The van der Waals surface area contributed by atoms with E-state index in [4.69, 9.17) is 4.74 Å². The molecule has 1 aromatic heterocycles. The maximum absolute atomic E-state index is 12.7. The number of benzene rings is 2. The second kappa shape index (κ2) is 7.33. The van der Waals surface area contributed by atoms with E-state index in [0.717, 1.165) is 22.3 Å². The molecule has 0 saturated heterocycles. The van der Waals surface area contributed by atoms with Crippen LogP contribution in [0.4, 0.5) is 11.4 Å². The van der Waals surface area contributed by atoms with Crippen molar-refractivity contribution in [3.8, 4) is 17.0 Å². The second-order valence-corrected chi connectivity index (χ2v) is 8.24. The molecule has 3 rings (SSSR count). The van der Waals surface area contributed by atoms with Gasteiger partial charge in [0, 0.05) is 28.8 Å². The zero-order chi connectivity index (χ0) is 19.6. The van der Waals surface area contributed by atoms with Crippen LogP contribution in [0.25, 0.3) is 11.3 Å². The van der Waals surface area contributed by atoms with Crippen LogP contribution in [0.1, 0.15) is 5.01 Å². The maximum atomic E-state index is 12.7. The van der Waals surface area contributed by atoms with Crippen LogP contribution in [0.3, 0.4) is 0 Å². The summed E-state index contributed by atoms with van der Waals surface area (Å²) < 4.78 is 32.8. The third-order valence-corrected chi connectivity index (χ3v) is 5.88. The Hall–Kier alpha value is -2.98. The van der Waals surface area contributed by atoms with E-state index in [0.29, 0.717) is 5.69 Å². The summed E-state index contributed by atoms with van der Waals surface area (Å²) in [6, 6.07) is 10.1. The molecule has 0 aliphatic carbocycles. The fraction of sp³-hybridized carbons (Fsp3) is 0.118. The highest BCUT2D eigenvalue weighted by molar-refractivity contribution is 7.92. The standard InChI is InChI=1S/C17H15N3O5S2/c1-11-18-15(10-26-11)12-3-5-13(6-4-12)19-27(23,24)17-9-14(20(21)22)7-8-16(17)25-2/h3-10,19H,1-2H3. The number of ether oxygens (including phenoxy) is 1. The Labute approximate surface area is 159 Å². The minimum absolute atomic E-state index is 0.0164. The maximum Gasteiger partial charge on any atom is 0.271 e. The Morgan fingerprint density at radius 1 is 1.19 bits per heavy atom. The molecule has 140 valence electrons. The Kier molecular flexibility index (Phi) is 5.10. The number of non-ortho nitro benzene ring substituents is 1. The molecule has 0 saturated carbocycles. The molecule has 0 aliphatic heterocycles. The number of aryl methyl sites for hydroxylation is 1. The van der Waals surface area contributed by atoms with Gasteiger partial charge < -0.3 is 4.74 Å². The molecular formula is C17H15N3O5S2. The van der Waals surface area contributed by atoms with Gasteiger partial charge in [0.1, 0.15) is 10.6 Å². The van der Waals surface area contributed by atoms with Gasteiger partial charge in [0.15, 0.2) is 0 Å². The molecule has 10 heteroatoms. The van der Waals surface area contributed by atoms with Gasteiger partial charge in [-0.1, -0.05) is 12.1 Å². The topological polar surface area (TPSA) is 111 Å². The number of rotatable bonds is 6. The van der Waals surface area contributed by atoms with Crippen LogP contribution in [0.2, 0.25) is 0 Å². The van der Waals surface area contributed by atoms with Crippen molar-refractivity contribution in [2.45, 2.75) is 11.8 Å². The molecule has 0 spiro atoms. The van der Waals surface area contributed by atoms with Crippen molar-refractivity contribution < 1.29 is 18.1 Å². The van der Waals surface area contributed by atoms with E-state index in [1.54, 1.807) is 24.3 Å². The Morgan fingerprint density at radius 2 is 1.89 bits per heavy atom. The van der Waals surface area contributed by atoms with Crippen molar-refractivity contribution in [1.29, 1.82) is 0 Å². The zero-order valence-electron chi connectivity index (χ0n) is 14.4. The molecular weight excluding hydrogens is 390 g/mol. The third-order valence-electron chi connectivity index (χ3n) is 3.70. The van der Waals surface area contributed by atoms with Gasteiger partial charge in [-0.25, -0.2) is 13.4 Å². The number of methoxy groups -OCH3 is 1. The second-order valence-electron chi connectivity index (χ2n) is 5.53. The van der Waals surface area contributed by atoms with Gasteiger partial charge in [0.05, 0.1) is 22.7 Å². The van der Waals surface area contributed by atoms with E-state index in [-0.39, 0.29) is 16.3 Å². The number of hydrogen-bond donors (Lipinski definition) is 1. The van der Waals surface area contributed by atoms with Gasteiger partial charge in [-0.15, -0.1) is 11.3 Å². The normalized spacial score (nSPS) is 11.2. The van der Waals surface area contributed by atoms with Crippen molar-refractivity contribution >= 4 is 32.7 Å². The van der Waals surface area contributed by atoms with Gasteiger partial charge in [-0.3, -0.25) is 14.8 Å². The summed E-state index contributed by atoms with van der Waals surface area (Å²) in [5.41, 5.74) is 1.65. The molecule has 2 aromatic carbocycles. The molecule has 0 aliphatic rings. The van der Waals surface area contributed by atoms with Crippen LogP contribution in [-0.4, -0.2) is 25.4 Å². The molecule has 0 radical (unpaired) electrons. The third kappa shape index (κ3) is 4.07. The van der Waals surface area contributed by atoms with Crippen molar-refractivity contribution in [1.82, 2.24) is 4.98 Å².